The Hall–Kier alpha value is -5.56. The molecule has 10 rings (SSSR count). The van der Waals surface area contributed by atoms with Crippen LogP contribution in [0.3, 0.4) is 0 Å². The summed E-state index contributed by atoms with van der Waals surface area (Å²) in [7, 11) is 0. The molecule has 0 N–H and O–H groups in total. The van der Waals surface area contributed by atoms with Gasteiger partial charge in [0.05, 0.1) is 0 Å². The van der Waals surface area contributed by atoms with Gasteiger partial charge in [0.1, 0.15) is 0 Å². The number of fused-ring (bicyclic) bond motifs is 3. The van der Waals surface area contributed by atoms with Crippen LogP contribution in [0.5, 0.6) is 0 Å². The fraction of sp³-hybridized carbons (Fsp3) is 0.169. The standard InChI is InChI=1S/C45H41.C15H14.C5H5.2ClH.Zr/c1-44(2,3)42-28-38-32(26-40(42)36-23-15-13-21-34(36)30-17-9-7-10-18-30)25-33-27-41(43(29-39(33)38)45(4,5)6)37-24-16-14-22-35(37)31-19-11-8-12-20-31;1-3-8-14(9-4-1)12-7-13-15-10-5-2-6-11-15;1-2-4-5-3-1;;;/h7-29H,1-6H3;1-6,8-11H,12-13H2;1-3H,4H2;2*1H;/q-1;;-1;;;+2/p-2. The average molecular weight is 1000 g/mol. The van der Waals surface area contributed by atoms with Crippen molar-refractivity contribution in [3.63, 3.8) is 0 Å². The van der Waals surface area contributed by atoms with Gasteiger partial charge in [0, 0.05) is 0 Å². The van der Waals surface area contributed by atoms with Gasteiger partial charge in [-0.1, -0.05) is 163 Å². The van der Waals surface area contributed by atoms with E-state index in [-0.39, 0.29) is 35.6 Å². The van der Waals surface area contributed by atoms with Gasteiger partial charge in [-0.05, 0) is 66.5 Å². The summed E-state index contributed by atoms with van der Waals surface area (Å²) < 4.78 is 1.60. The third kappa shape index (κ3) is 12.7. The third-order valence-corrected chi connectivity index (χ3v) is 13.2. The molecular weight excluding hydrogens is 943 g/mol. The number of hydrogen-bond acceptors (Lipinski definition) is 0. The van der Waals surface area contributed by atoms with Crippen molar-refractivity contribution in [2.24, 2.45) is 0 Å². The Bertz CT molecular complexity index is 2900. The number of allylic oxidation sites excluding steroid dienone is 4. The molecule has 0 aromatic heterocycles. The van der Waals surface area contributed by atoms with Gasteiger partial charge in [0.2, 0.25) is 0 Å². The summed E-state index contributed by atoms with van der Waals surface area (Å²) in [5.74, 6) is 0. The molecule has 0 unspecified atom stereocenters. The first-order valence-electron chi connectivity index (χ1n) is 23.3. The molecule has 0 saturated carbocycles. The van der Waals surface area contributed by atoms with E-state index in [4.69, 9.17) is 0 Å². The zero-order valence-electron chi connectivity index (χ0n) is 40.2. The van der Waals surface area contributed by atoms with E-state index in [1.54, 1.807) is 27.4 Å². The molecule has 1 aliphatic carbocycles. The van der Waals surface area contributed by atoms with E-state index in [1.165, 1.54) is 88.3 Å². The summed E-state index contributed by atoms with van der Waals surface area (Å²) in [5, 5.41) is 5.27. The van der Waals surface area contributed by atoms with Gasteiger partial charge in [0.15, 0.2) is 0 Å². The van der Waals surface area contributed by atoms with Crippen LogP contribution < -0.4 is 24.8 Å². The van der Waals surface area contributed by atoms with Gasteiger partial charge in [-0.25, -0.2) is 12.2 Å². The molecule has 9 aromatic rings. The molecule has 0 amide bonds. The summed E-state index contributed by atoms with van der Waals surface area (Å²) in [5.41, 5.74) is 15.8. The Kier molecular flexibility index (Phi) is 18.0. The number of hydrogen-bond donors (Lipinski definition) is 0. The van der Waals surface area contributed by atoms with Crippen LogP contribution in [-0.2, 0) is 47.9 Å². The van der Waals surface area contributed by atoms with Gasteiger partial charge in [-0.3, -0.25) is 6.08 Å². The summed E-state index contributed by atoms with van der Waals surface area (Å²) in [4.78, 5) is 0. The molecule has 0 fully saturated rings. The first-order chi connectivity index (χ1) is 31.9. The van der Waals surface area contributed by atoms with Crippen LogP contribution in [0.25, 0.3) is 66.1 Å². The van der Waals surface area contributed by atoms with Crippen molar-refractivity contribution < 1.29 is 49.0 Å². The molecule has 0 nitrogen and oxygen atoms in total. The van der Waals surface area contributed by atoms with Gasteiger partial charge >= 0.3 is 112 Å². The van der Waals surface area contributed by atoms with Crippen molar-refractivity contribution in [2.45, 2.75) is 71.6 Å². The summed E-state index contributed by atoms with van der Waals surface area (Å²) >= 11 is 1.55. The van der Waals surface area contributed by atoms with Crippen LogP contribution >= 0.6 is 0 Å². The van der Waals surface area contributed by atoms with E-state index < -0.39 is 0 Å². The summed E-state index contributed by atoms with van der Waals surface area (Å²) in [6, 6.07) is 73.0. The quantitative estimate of drug-likeness (QED) is 0.133. The molecule has 340 valence electrons. The van der Waals surface area contributed by atoms with Crippen molar-refractivity contribution >= 4 is 24.8 Å². The molecule has 3 heteroatoms. The van der Waals surface area contributed by atoms with Gasteiger partial charge < -0.3 is 24.8 Å². The van der Waals surface area contributed by atoms with Crippen LogP contribution in [0.15, 0.2) is 218 Å². The van der Waals surface area contributed by atoms with Crippen LogP contribution in [0.1, 0.15) is 70.2 Å². The minimum absolute atomic E-state index is 0. The Morgan fingerprint density at radius 1 is 0.456 bits per heavy atom. The minimum atomic E-state index is -0.0294. The molecule has 0 radical (unpaired) electrons. The molecule has 0 aliphatic heterocycles. The third-order valence-electron chi connectivity index (χ3n) is 12.3. The summed E-state index contributed by atoms with van der Waals surface area (Å²) in [6.45, 7) is 14.0. The zero-order chi connectivity index (χ0) is 46.1. The Balaban J connectivity index is 0.000000274. The van der Waals surface area contributed by atoms with Crippen molar-refractivity contribution in [3.05, 3.63) is 247 Å². The number of halogens is 2. The van der Waals surface area contributed by atoms with E-state index in [2.05, 4.69) is 254 Å². The zero-order valence-corrected chi connectivity index (χ0v) is 44.1. The predicted octanol–water partition coefficient (Wildman–Crippen LogP) is 11.5. The van der Waals surface area contributed by atoms with Gasteiger partial charge in [-0.2, -0.15) is 6.08 Å². The van der Waals surface area contributed by atoms with Gasteiger partial charge in [-0.15, -0.1) is 46.2 Å². The van der Waals surface area contributed by atoms with E-state index in [1.807, 2.05) is 12.2 Å². The average Bonchev–Trinajstić information content (AvgIpc) is 4.04. The van der Waals surface area contributed by atoms with Crippen molar-refractivity contribution in [1.82, 2.24) is 0 Å². The molecule has 0 bridgehead atoms. The predicted molar refractivity (Wildman–Crippen MR) is 283 cm³/mol. The second-order valence-corrected chi connectivity index (χ2v) is 21.1. The molecule has 1 aliphatic rings. The molecular formula is C65H60Cl2Zr-2. The van der Waals surface area contributed by atoms with Crippen molar-refractivity contribution in [3.8, 4) is 44.5 Å². The van der Waals surface area contributed by atoms with Gasteiger partial charge in [0.25, 0.3) is 0 Å². The van der Waals surface area contributed by atoms with Crippen molar-refractivity contribution in [1.29, 1.82) is 0 Å². The maximum atomic E-state index is 2.99. The van der Waals surface area contributed by atoms with E-state index in [9.17, 15) is 0 Å². The normalized spacial score (nSPS) is 11.8. The van der Waals surface area contributed by atoms with E-state index in [0.29, 0.717) is 0 Å². The first-order valence-corrected chi connectivity index (χ1v) is 24.5. The fourth-order valence-electron chi connectivity index (χ4n) is 9.05. The van der Waals surface area contributed by atoms with Crippen LogP contribution in [0, 0.1) is 6.08 Å². The number of rotatable bonds is 8. The first kappa shape index (κ1) is 51.8. The van der Waals surface area contributed by atoms with Crippen LogP contribution in [-0.4, -0.2) is 3.21 Å². The molecule has 68 heavy (non-hydrogen) atoms. The Labute approximate surface area is 433 Å². The van der Waals surface area contributed by atoms with Crippen LogP contribution in [0.4, 0.5) is 0 Å². The Morgan fingerprint density at radius 3 is 1.13 bits per heavy atom. The van der Waals surface area contributed by atoms with Crippen molar-refractivity contribution in [2.75, 3.05) is 0 Å². The van der Waals surface area contributed by atoms with E-state index >= 15 is 0 Å². The summed E-state index contributed by atoms with van der Waals surface area (Å²) in [6.07, 6.45) is 12.2. The monoisotopic (exact) mass is 1000 g/mol. The molecule has 0 saturated heterocycles. The molecule has 9 aromatic carbocycles. The maximum absolute atomic E-state index is 2.99. The topological polar surface area (TPSA) is 0 Å². The Morgan fingerprint density at radius 2 is 0.809 bits per heavy atom. The fourth-order valence-corrected chi connectivity index (χ4v) is 10.1. The second-order valence-electron chi connectivity index (χ2n) is 19.4. The molecule has 0 heterocycles. The second kappa shape index (κ2) is 23.6. The SMILES string of the molecule is CC(C)(C)c1cc2c(cc1-c1ccccc1-c1ccccc1)[cH-]c1cc(-c3ccccc3-c3ccccc3)c(C(C)(C)C)cc12.[C-]1=CC=CC1.[Cl-].[Cl-].[Zr+2]=[C](Cc1ccccc1)Cc1ccccc1. The molecule has 0 atom stereocenters. The van der Waals surface area contributed by atoms with E-state index in [0.717, 1.165) is 19.3 Å². The molecule has 0 spiro atoms. The van der Waals surface area contributed by atoms with Crippen LogP contribution in [0.2, 0.25) is 0 Å². The number of benzene rings is 8.